The van der Waals surface area contributed by atoms with Gasteiger partial charge in [0.15, 0.2) is 0 Å². The summed E-state index contributed by atoms with van der Waals surface area (Å²) in [6.07, 6.45) is 0.606. The molecule has 1 heterocycles. The monoisotopic (exact) mass is 254 g/mol. The minimum Gasteiger partial charge on any atom is -0.480 e. The van der Waals surface area contributed by atoms with Gasteiger partial charge < -0.3 is 5.11 Å². The average Bonchev–Trinajstić information content (AvgIpc) is 2.34. The van der Waals surface area contributed by atoms with Crippen molar-refractivity contribution >= 4 is 11.9 Å². The van der Waals surface area contributed by atoms with Gasteiger partial charge in [0.2, 0.25) is 0 Å². The minimum absolute atomic E-state index is 0.303. The normalized spacial score (nSPS) is 17.0. The van der Waals surface area contributed by atoms with Crippen molar-refractivity contribution in [3.8, 4) is 0 Å². The van der Waals surface area contributed by atoms with E-state index in [0.29, 0.717) is 25.9 Å². The lowest BCUT2D eigenvalue weighted by Crippen LogP contribution is -2.55. The van der Waals surface area contributed by atoms with Gasteiger partial charge in [0.05, 0.1) is 6.54 Å². The second-order valence-electron chi connectivity index (χ2n) is 4.88. The number of carbonyl (C=O) groups is 2. The zero-order valence-corrected chi connectivity index (χ0v) is 11.5. The molecule has 0 radical (unpaired) electrons. The predicted molar refractivity (Wildman–Crippen MR) is 68.7 cm³/mol. The molecular weight excluding hydrogens is 232 g/mol. The molecule has 0 bridgehead atoms. The Morgan fingerprint density at radius 2 is 1.83 bits per heavy atom. The Balaban J connectivity index is 2.96. The molecule has 0 atom stereocenters. The number of carbonyl (C=O) groups excluding carboxylic acids is 1. The van der Waals surface area contributed by atoms with Gasteiger partial charge in [-0.1, -0.05) is 25.0 Å². The number of rotatable bonds is 4. The molecule has 0 saturated carbocycles. The lowest BCUT2D eigenvalue weighted by atomic mass is 9.81. The van der Waals surface area contributed by atoms with Gasteiger partial charge in [-0.3, -0.25) is 14.6 Å². The van der Waals surface area contributed by atoms with Crippen molar-refractivity contribution in [2.75, 3.05) is 13.1 Å². The summed E-state index contributed by atoms with van der Waals surface area (Å²) in [5, 5.41) is 10.8. The topological polar surface area (TPSA) is 69.6 Å². The summed E-state index contributed by atoms with van der Waals surface area (Å²) in [7, 11) is 0. The fraction of sp³-hybridized carbons (Fsp3) is 0.692. The lowest BCUT2D eigenvalue weighted by Gasteiger charge is -2.36. The van der Waals surface area contributed by atoms with E-state index in [0.717, 1.165) is 5.57 Å². The summed E-state index contributed by atoms with van der Waals surface area (Å²) < 4.78 is 0. The van der Waals surface area contributed by atoms with E-state index in [2.05, 4.69) is 5.43 Å². The molecule has 1 rings (SSSR count). The maximum absolute atomic E-state index is 12.4. The molecule has 0 aromatic rings. The number of hydrogen-bond acceptors (Lipinski definition) is 3. The minimum atomic E-state index is -1.31. The van der Waals surface area contributed by atoms with Gasteiger partial charge in [0.1, 0.15) is 5.41 Å². The summed E-state index contributed by atoms with van der Waals surface area (Å²) in [5.41, 5.74) is 4.00. The molecule has 5 nitrogen and oxygen atoms in total. The van der Waals surface area contributed by atoms with Crippen LogP contribution in [0.2, 0.25) is 0 Å². The number of nitrogens with one attached hydrogen (secondary N) is 1. The second-order valence-corrected chi connectivity index (χ2v) is 4.88. The van der Waals surface area contributed by atoms with Gasteiger partial charge in [-0.25, -0.2) is 5.43 Å². The van der Waals surface area contributed by atoms with E-state index in [1.165, 1.54) is 10.6 Å². The summed E-state index contributed by atoms with van der Waals surface area (Å²) >= 11 is 0. The Labute approximate surface area is 108 Å². The third-order valence-electron chi connectivity index (χ3n) is 3.93. The molecule has 5 heteroatoms. The fourth-order valence-corrected chi connectivity index (χ4v) is 2.14. The number of hydrogen-bond donors (Lipinski definition) is 2. The largest absolute Gasteiger partial charge is 0.480 e. The number of amides is 1. The SMILES string of the molecule is CCC(CC)(C(=O)O)C(=O)N1CC(C)=C(C)CN1. The molecule has 18 heavy (non-hydrogen) atoms. The molecule has 1 aliphatic rings. The van der Waals surface area contributed by atoms with Crippen LogP contribution in [0, 0.1) is 5.41 Å². The standard InChI is InChI=1S/C13H22N2O3/c1-5-13(6-2,12(17)18)11(16)15-8-10(4)9(3)7-14-15/h14H,5-8H2,1-4H3,(H,17,18). The van der Waals surface area contributed by atoms with Crippen LogP contribution in [-0.4, -0.2) is 35.1 Å². The van der Waals surface area contributed by atoms with Crippen LogP contribution in [0.5, 0.6) is 0 Å². The molecule has 0 saturated heterocycles. The van der Waals surface area contributed by atoms with E-state index in [4.69, 9.17) is 0 Å². The van der Waals surface area contributed by atoms with Gasteiger partial charge in [0, 0.05) is 6.54 Å². The van der Waals surface area contributed by atoms with Crippen molar-refractivity contribution in [1.82, 2.24) is 10.4 Å². The molecule has 0 spiro atoms. The molecule has 102 valence electrons. The molecule has 0 aromatic carbocycles. The third-order valence-corrected chi connectivity index (χ3v) is 3.93. The van der Waals surface area contributed by atoms with E-state index in [1.54, 1.807) is 13.8 Å². The quantitative estimate of drug-likeness (QED) is 0.590. The first kappa shape index (κ1) is 14.7. The number of nitrogens with zero attached hydrogens (tertiary/aromatic N) is 1. The van der Waals surface area contributed by atoms with Crippen LogP contribution in [0.25, 0.3) is 0 Å². The van der Waals surface area contributed by atoms with Crippen LogP contribution in [0.15, 0.2) is 11.1 Å². The van der Waals surface area contributed by atoms with Crippen molar-refractivity contribution in [3.63, 3.8) is 0 Å². The van der Waals surface area contributed by atoms with E-state index < -0.39 is 11.4 Å². The van der Waals surface area contributed by atoms with Crippen molar-refractivity contribution in [3.05, 3.63) is 11.1 Å². The van der Waals surface area contributed by atoms with Crippen molar-refractivity contribution in [2.45, 2.75) is 40.5 Å². The molecule has 0 aromatic heterocycles. The van der Waals surface area contributed by atoms with Crippen molar-refractivity contribution in [1.29, 1.82) is 0 Å². The van der Waals surface area contributed by atoms with Crippen LogP contribution < -0.4 is 5.43 Å². The molecule has 0 unspecified atom stereocenters. The smallest absolute Gasteiger partial charge is 0.319 e. The first-order chi connectivity index (χ1) is 8.39. The highest BCUT2D eigenvalue weighted by Crippen LogP contribution is 2.30. The summed E-state index contributed by atoms with van der Waals surface area (Å²) in [6.45, 7) is 8.52. The highest BCUT2D eigenvalue weighted by Gasteiger charge is 2.45. The van der Waals surface area contributed by atoms with Crippen molar-refractivity contribution < 1.29 is 14.7 Å². The van der Waals surface area contributed by atoms with E-state index >= 15 is 0 Å². The first-order valence-electron chi connectivity index (χ1n) is 6.33. The summed E-state index contributed by atoms with van der Waals surface area (Å²) in [6, 6.07) is 0. The lowest BCUT2D eigenvalue weighted by molar-refractivity contribution is -0.163. The summed E-state index contributed by atoms with van der Waals surface area (Å²) in [5.74, 6) is -1.38. The van der Waals surface area contributed by atoms with Gasteiger partial charge in [0.25, 0.3) is 5.91 Å². The van der Waals surface area contributed by atoms with Crippen LogP contribution in [0.3, 0.4) is 0 Å². The van der Waals surface area contributed by atoms with E-state index in [-0.39, 0.29) is 5.91 Å². The molecule has 0 aliphatic carbocycles. The van der Waals surface area contributed by atoms with E-state index in [9.17, 15) is 14.7 Å². The average molecular weight is 254 g/mol. The maximum Gasteiger partial charge on any atom is 0.319 e. The highest BCUT2D eigenvalue weighted by molar-refractivity contribution is 6.01. The van der Waals surface area contributed by atoms with Crippen molar-refractivity contribution in [2.24, 2.45) is 5.41 Å². The molecule has 0 fully saturated rings. The van der Waals surface area contributed by atoms with Gasteiger partial charge >= 0.3 is 5.97 Å². The Bertz CT molecular complexity index is 384. The fourth-order valence-electron chi connectivity index (χ4n) is 2.14. The number of carboxylic acid groups (broad SMARTS) is 1. The summed E-state index contributed by atoms with van der Waals surface area (Å²) in [4.78, 5) is 23.9. The number of aliphatic carboxylic acids is 1. The predicted octanol–water partition coefficient (Wildman–Crippen LogP) is 1.56. The van der Waals surface area contributed by atoms with Crippen LogP contribution >= 0.6 is 0 Å². The highest BCUT2D eigenvalue weighted by atomic mass is 16.4. The maximum atomic E-state index is 12.4. The third kappa shape index (κ3) is 2.41. The second kappa shape index (κ2) is 5.52. The Morgan fingerprint density at radius 1 is 1.28 bits per heavy atom. The van der Waals surface area contributed by atoms with Gasteiger partial charge in [-0.15, -0.1) is 0 Å². The molecule has 1 aliphatic heterocycles. The zero-order valence-electron chi connectivity index (χ0n) is 11.5. The first-order valence-corrected chi connectivity index (χ1v) is 6.33. The Hall–Kier alpha value is -1.36. The molecular formula is C13H22N2O3. The van der Waals surface area contributed by atoms with Crippen LogP contribution in [-0.2, 0) is 9.59 Å². The zero-order chi connectivity index (χ0) is 13.9. The Morgan fingerprint density at radius 3 is 2.22 bits per heavy atom. The van der Waals surface area contributed by atoms with Crippen LogP contribution in [0.1, 0.15) is 40.5 Å². The molecule has 1 amide bonds. The Kier molecular flexibility index (Phi) is 4.51. The molecule has 2 N–H and O–H groups in total. The number of hydrazine groups is 1. The van der Waals surface area contributed by atoms with Gasteiger partial charge in [-0.05, 0) is 26.7 Å². The van der Waals surface area contributed by atoms with Gasteiger partial charge in [-0.2, -0.15) is 0 Å². The van der Waals surface area contributed by atoms with E-state index in [1.807, 2.05) is 13.8 Å². The number of carboxylic acids is 1. The van der Waals surface area contributed by atoms with Crippen LogP contribution in [0.4, 0.5) is 0 Å².